The Kier molecular flexibility index (Phi) is 2.32. The standard InChI is InChI=1S/C6H10N3S/c1-3-6(10)5-4-9(2)8-7-5/h4,6,10H,1,3H2,2H3. The van der Waals surface area contributed by atoms with Crippen LogP contribution < -0.4 is 0 Å². The van der Waals surface area contributed by atoms with E-state index in [1.54, 1.807) is 4.68 Å². The first-order chi connectivity index (χ1) is 4.74. The fourth-order valence-corrected chi connectivity index (χ4v) is 0.784. The van der Waals surface area contributed by atoms with E-state index in [9.17, 15) is 0 Å². The molecule has 4 heteroatoms. The topological polar surface area (TPSA) is 30.7 Å². The van der Waals surface area contributed by atoms with E-state index in [0.717, 1.165) is 12.1 Å². The minimum Gasteiger partial charge on any atom is -0.255 e. The molecule has 1 aromatic heterocycles. The molecule has 1 atom stereocenters. The van der Waals surface area contributed by atoms with Gasteiger partial charge >= 0.3 is 0 Å². The van der Waals surface area contributed by atoms with Crippen LogP contribution in [0.3, 0.4) is 0 Å². The lowest BCUT2D eigenvalue weighted by atomic mass is 10.3. The first-order valence-corrected chi connectivity index (χ1v) is 3.59. The van der Waals surface area contributed by atoms with Gasteiger partial charge in [0.25, 0.3) is 0 Å². The molecule has 0 saturated carbocycles. The molecule has 1 rings (SSSR count). The van der Waals surface area contributed by atoms with Gasteiger partial charge in [0.05, 0.1) is 5.69 Å². The molecule has 0 aliphatic heterocycles. The van der Waals surface area contributed by atoms with Gasteiger partial charge in [-0.2, -0.15) is 12.6 Å². The quantitative estimate of drug-likeness (QED) is 0.648. The van der Waals surface area contributed by atoms with Gasteiger partial charge in [-0.05, 0) is 6.42 Å². The maximum atomic E-state index is 4.25. The van der Waals surface area contributed by atoms with Crippen molar-refractivity contribution in [1.82, 2.24) is 15.0 Å². The molecule has 10 heavy (non-hydrogen) atoms. The van der Waals surface area contributed by atoms with Gasteiger partial charge in [0.2, 0.25) is 0 Å². The first kappa shape index (κ1) is 7.60. The number of aryl methyl sites for hydroxylation is 1. The van der Waals surface area contributed by atoms with E-state index in [-0.39, 0.29) is 5.25 Å². The Balaban J connectivity index is 2.74. The molecule has 0 aliphatic carbocycles. The van der Waals surface area contributed by atoms with Crippen LogP contribution in [0, 0.1) is 6.92 Å². The highest BCUT2D eigenvalue weighted by atomic mass is 32.1. The number of hydrogen-bond acceptors (Lipinski definition) is 3. The minimum absolute atomic E-state index is 0.119. The van der Waals surface area contributed by atoms with Crippen molar-refractivity contribution < 1.29 is 0 Å². The van der Waals surface area contributed by atoms with Crippen LogP contribution in [0.5, 0.6) is 0 Å². The van der Waals surface area contributed by atoms with E-state index < -0.39 is 0 Å². The monoisotopic (exact) mass is 156 g/mol. The third-order valence-electron chi connectivity index (χ3n) is 1.24. The van der Waals surface area contributed by atoms with Crippen LogP contribution in [0.4, 0.5) is 0 Å². The van der Waals surface area contributed by atoms with E-state index in [0.29, 0.717) is 0 Å². The van der Waals surface area contributed by atoms with E-state index in [4.69, 9.17) is 0 Å². The lowest BCUT2D eigenvalue weighted by Crippen LogP contribution is -1.87. The smallest absolute Gasteiger partial charge is 0.0954 e. The fourth-order valence-electron chi connectivity index (χ4n) is 0.666. The zero-order valence-corrected chi connectivity index (χ0v) is 6.75. The summed E-state index contributed by atoms with van der Waals surface area (Å²) in [6, 6.07) is 0. The maximum Gasteiger partial charge on any atom is 0.0954 e. The molecule has 0 fully saturated rings. The fraction of sp³-hybridized carbons (Fsp3) is 0.500. The molecule has 0 N–H and O–H groups in total. The predicted octanol–water partition coefficient (Wildman–Crippen LogP) is 1.01. The van der Waals surface area contributed by atoms with Gasteiger partial charge in [-0.25, -0.2) is 0 Å². The SMILES string of the molecule is [CH2]CC(S)c1cn(C)nn1. The molecule has 0 saturated heterocycles. The minimum atomic E-state index is 0.119. The molecule has 0 aromatic carbocycles. The second-order valence-corrected chi connectivity index (χ2v) is 2.74. The molecule has 1 radical (unpaired) electrons. The van der Waals surface area contributed by atoms with Gasteiger partial charge in [-0.3, -0.25) is 4.68 Å². The van der Waals surface area contributed by atoms with E-state index in [1.165, 1.54) is 0 Å². The average molecular weight is 156 g/mol. The van der Waals surface area contributed by atoms with E-state index in [2.05, 4.69) is 29.9 Å². The molecule has 0 bridgehead atoms. The summed E-state index contributed by atoms with van der Waals surface area (Å²) in [5.74, 6) is 0. The summed E-state index contributed by atoms with van der Waals surface area (Å²) >= 11 is 4.25. The Morgan fingerprint density at radius 2 is 2.60 bits per heavy atom. The Morgan fingerprint density at radius 1 is 1.90 bits per heavy atom. The number of hydrogen-bond donors (Lipinski definition) is 1. The third-order valence-corrected chi connectivity index (χ3v) is 1.76. The van der Waals surface area contributed by atoms with Gasteiger partial charge in [-0.15, -0.1) is 5.10 Å². The predicted molar refractivity (Wildman–Crippen MR) is 42.7 cm³/mol. The number of aromatic nitrogens is 3. The van der Waals surface area contributed by atoms with Crippen LogP contribution >= 0.6 is 12.6 Å². The summed E-state index contributed by atoms with van der Waals surface area (Å²) in [5.41, 5.74) is 0.890. The molecule has 0 spiro atoms. The van der Waals surface area contributed by atoms with Crippen molar-refractivity contribution in [3.8, 4) is 0 Å². The number of nitrogens with zero attached hydrogens (tertiary/aromatic N) is 3. The summed E-state index contributed by atoms with van der Waals surface area (Å²) in [4.78, 5) is 0. The van der Waals surface area contributed by atoms with Crippen molar-refractivity contribution in [2.24, 2.45) is 7.05 Å². The highest BCUT2D eigenvalue weighted by Crippen LogP contribution is 2.19. The van der Waals surface area contributed by atoms with Crippen molar-refractivity contribution in [2.75, 3.05) is 0 Å². The van der Waals surface area contributed by atoms with Gasteiger partial charge < -0.3 is 0 Å². The Labute approximate surface area is 65.8 Å². The zero-order valence-electron chi connectivity index (χ0n) is 5.86. The Hall–Kier alpha value is -0.510. The average Bonchev–Trinajstić information content (AvgIpc) is 2.34. The summed E-state index contributed by atoms with van der Waals surface area (Å²) in [7, 11) is 1.83. The lowest BCUT2D eigenvalue weighted by Gasteiger charge is -1.99. The Morgan fingerprint density at radius 3 is 3.00 bits per heavy atom. The number of rotatable bonds is 2. The number of thiol groups is 1. The van der Waals surface area contributed by atoms with Crippen LogP contribution in [0.2, 0.25) is 0 Å². The second-order valence-electron chi connectivity index (χ2n) is 2.12. The summed E-state index contributed by atoms with van der Waals surface area (Å²) in [6.45, 7) is 3.72. The maximum absolute atomic E-state index is 4.25. The zero-order chi connectivity index (χ0) is 7.56. The van der Waals surface area contributed by atoms with Crippen LogP contribution in [-0.2, 0) is 7.05 Å². The molecule has 0 aliphatic rings. The molecule has 3 nitrogen and oxygen atoms in total. The van der Waals surface area contributed by atoms with Crippen LogP contribution in [0.1, 0.15) is 17.4 Å². The molecule has 1 heterocycles. The summed E-state index contributed by atoms with van der Waals surface area (Å²) in [6.07, 6.45) is 2.59. The molecule has 55 valence electrons. The molecule has 0 amide bonds. The first-order valence-electron chi connectivity index (χ1n) is 3.07. The summed E-state index contributed by atoms with van der Waals surface area (Å²) in [5, 5.41) is 7.78. The largest absolute Gasteiger partial charge is 0.255 e. The molecule has 1 aromatic rings. The highest BCUT2D eigenvalue weighted by Gasteiger charge is 2.06. The van der Waals surface area contributed by atoms with Crippen molar-refractivity contribution in [2.45, 2.75) is 11.7 Å². The van der Waals surface area contributed by atoms with Crippen LogP contribution in [0.25, 0.3) is 0 Å². The van der Waals surface area contributed by atoms with Gasteiger partial charge in [-0.1, -0.05) is 12.1 Å². The van der Waals surface area contributed by atoms with Crippen LogP contribution in [0.15, 0.2) is 6.20 Å². The highest BCUT2D eigenvalue weighted by molar-refractivity contribution is 7.80. The van der Waals surface area contributed by atoms with Gasteiger partial charge in [0.15, 0.2) is 0 Å². The van der Waals surface area contributed by atoms with E-state index >= 15 is 0 Å². The van der Waals surface area contributed by atoms with Crippen molar-refractivity contribution in [3.05, 3.63) is 18.8 Å². The summed E-state index contributed by atoms with van der Waals surface area (Å²) < 4.78 is 1.66. The lowest BCUT2D eigenvalue weighted by molar-refractivity contribution is 0.712. The van der Waals surface area contributed by atoms with Crippen molar-refractivity contribution in [3.63, 3.8) is 0 Å². The molecular weight excluding hydrogens is 146 g/mol. The van der Waals surface area contributed by atoms with E-state index in [1.807, 2.05) is 13.2 Å². The second kappa shape index (κ2) is 3.05. The van der Waals surface area contributed by atoms with Gasteiger partial charge in [0, 0.05) is 18.5 Å². The normalized spacial score (nSPS) is 13.5. The van der Waals surface area contributed by atoms with Crippen molar-refractivity contribution in [1.29, 1.82) is 0 Å². The third kappa shape index (κ3) is 1.50. The molecule has 1 unspecified atom stereocenters. The Bertz CT molecular complexity index is 209. The van der Waals surface area contributed by atoms with Gasteiger partial charge in [0.1, 0.15) is 0 Å². The van der Waals surface area contributed by atoms with Crippen LogP contribution in [-0.4, -0.2) is 15.0 Å². The molecular formula is C6H10N3S. The van der Waals surface area contributed by atoms with Crippen molar-refractivity contribution >= 4 is 12.6 Å².